The van der Waals surface area contributed by atoms with Crippen LogP contribution < -0.4 is 50.8 Å². The van der Waals surface area contributed by atoms with E-state index >= 15 is 0 Å². The molecule has 0 saturated carbocycles. The number of allylic oxidation sites excluding steroid dienone is 4. The summed E-state index contributed by atoms with van der Waals surface area (Å²) >= 11 is 0. The van der Waals surface area contributed by atoms with E-state index in [0.29, 0.717) is 23.5 Å². The van der Waals surface area contributed by atoms with Gasteiger partial charge in [0.1, 0.15) is 31.8 Å². The fourth-order valence-corrected chi connectivity index (χ4v) is 12.1. The maximum Gasteiger partial charge on any atom is 0.673 e. The Labute approximate surface area is 365 Å². The van der Waals surface area contributed by atoms with Gasteiger partial charge in [-0.25, -0.2) is 0 Å². The van der Waals surface area contributed by atoms with Crippen LogP contribution in [0.2, 0.25) is 0 Å². The van der Waals surface area contributed by atoms with Crippen molar-refractivity contribution in [2.24, 2.45) is 0 Å². The molecule has 6 aromatic rings. The molecule has 60 heavy (non-hydrogen) atoms. The summed E-state index contributed by atoms with van der Waals surface area (Å²) in [5.74, 6) is 1.84. The summed E-state index contributed by atoms with van der Waals surface area (Å²) < 4.78 is 62.8. The molecule has 0 N–H and O–H groups in total. The zero-order valence-corrected chi connectivity index (χ0v) is 37.4. The number of hydrogen-bond acceptors (Lipinski definition) is 6. The van der Waals surface area contributed by atoms with Gasteiger partial charge >= 0.3 is 7.25 Å². The number of aromatic nitrogens is 2. The van der Waals surface area contributed by atoms with E-state index in [-0.39, 0.29) is 19.5 Å². The quantitative estimate of drug-likeness (QED) is 0.0560. The summed E-state index contributed by atoms with van der Waals surface area (Å²) in [6, 6.07) is 46.5. The summed E-state index contributed by atoms with van der Waals surface area (Å²) in [7, 11) is -2.70. The minimum Gasteiger partial charge on any atom is -0.481 e. The minimum atomic E-state index is -6.00. The summed E-state index contributed by atoms with van der Waals surface area (Å²) in [6.07, 6.45) is 14.0. The van der Waals surface area contributed by atoms with Crippen LogP contribution in [0.4, 0.5) is 17.3 Å². The Hall–Kier alpha value is -4.87. The van der Waals surface area contributed by atoms with Gasteiger partial charge in [-0.2, -0.15) is 9.97 Å². The number of nitrogens with zero attached hydrogens (tertiary/aromatic N) is 2. The van der Waals surface area contributed by atoms with Crippen LogP contribution in [0.5, 0.6) is 23.5 Å². The Balaban J connectivity index is 0.000000488. The van der Waals surface area contributed by atoms with Crippen LogP contribution in [0.3, 0.4) is 0 Å². The molecule has 6 nitrogen and oxygen atoms in total. The van der Waals surface area contributed by atoms with Crippen molar-refractivity contribution in [3.8, 4) is 34.6 Å². The van der Waals surface area contributed by atoms with Crippen LogP contribution >= 0.6 is 15.8 Å². The summed E-state index contributed by atoms with van der Waals surface area (Å²) in [6.45, 7) is 0. The Morgan fingerprint density at radius 3 is 0.900 bits per heavy atom. The fourth-order valence-electron chi connectivity index (χ4n) is 6.61. The average Bonchev–Trinajstić information content (AvgIpc) is 3.24. The Kier molecular flexibility index (Phi) is 19.4. The largest absolute Gasteiger partial charge is 0.673 e. The second-order valence-corrected chi connectivity index (χ2v) is 17.9. The van der Waals surface area contributed by atoms with Crippen LogP contribution in [0.15, 0.2) is 158 Å². The predicted octanol–water partition coefficient (Wildman–Crippen LogP) is 9.13. The maximum absolute atomic E-state index is 9.75. The molecule has 4 aromatic carbocycles. The second kappa shape index (κ2) is 24.4. The maximum atomic E-state index is 9.75. The van der Waals surface area contributed by atoms with Gasteiger partial charge in [-0.05, 0) is 74.2 Å². The number of hydrogen-bond donors (Lipinski definition) is 0. The topological polar surface area (TPSA) is 62.7 Å². The molecule has 0 unspecified atom stereocenters. The van der Waals surface area contributed by atoms with Gasteiger partial charge in [0.05, 0.1) is 55.4 Å². The number of benzene rings is 4. The zero-order chi connectivity index (χ0) is 42.0. The third-order valence-corrected chi connectivity index (χ3v) is 14.6. The number of halogens is 4. The molecule has 7 rings (SSSR count). The number of pyridine rings is 2. The van der Waals surface area contributed by atoms with Gasteiger partial charge in [0, 0.05) is 31.6 Å². The van der Waals surface area contributed by atoms with Crippen molar-refractivity contribution in [3.05, 3.63) is 158 Å². The van der Waals surface area contributed by atoms with Crippen LogP contribution in [0, 0.1) is 0 Å². The van der Waals surface area contributed by atoms with Crippen molar-refractivity contribution in [1.29, 1.82) is 0 Å². The van der Waals surface area contributed by atoms with Crippen molar-refractivity contribution < 1.29 is 55.7 Å². The molecule has 2 heterocycles. The van der Waals surface area contributed by atoms with Crippen molar-refractivity contribution in [3.63, 3.8) is 0 Å². The van der Waals surface area contributed by atoms with Crippen LogP contribution in [0.1, 0.15) is 25.7 Å². The smallest absolute Gasteiger partial charge is 0.481 e. The Morgan fingerprint density at radius 1 is 0.433 bits per heavy atom. The molecular weight excluding hydrogens is 896 g/mol. The molecule has 0 amide bonds. The van der Waals surface area contributed by atoms with E-state index in [9.17, 15) is 17.3 Å². The van der Waals surface area contributed by atoms with Crippen LogP contribution in [0.25, 0.3) is 11.1 Å². The molecule has 1 radical (unpaired) electrons. The summed E-state index contributed by atoms with van der Waals surface area (Å²) in [5.41, 5.74) is 1.67. The van der Waals surface area contributed by atoms with E-state index < -0.39 is 23.1 Å². The van der Waals surface area contributed by atoms with E-state index in [1.54, 1.807) is 28.4 Å². The molecule has 1 aliphatic carbocycles. The number of methoxy groups -OCH3 is 4. The van der Waals surface area contributed by atoms with Gasteiger partial charge in [0.25, 0.3) is 0 Å². The fraction of sp³-hybridized carbons (Fsp3) is 0.174. The second-order valence-electron chi connectivity index (χ2n) is 13.0. The Bertz CT molecular complexity index is 2010. The minimum absolute atomic E-state index is 0. The van der Waals surface area contributed by atoms with E-state index in [1.165, 1.54) is 46.9 Å². The van der Waals surface area contributed by atoms with Gasteiger partial charge < -0.3 is 36.2 Å². The monoisotopic (exact) mass is 944 g/mol. The molecule has 0 aliphatic heterocycles. The molecular formula is C46H48BF4N2O4P2Rh+. The first kappa shape index (κ1) is 47.8. The van der Waals surface area contributed by atoms with Gasteiger partial charge in [-0.3, -0.25) is 0 Å². The first-order valence-corrected chi connectivity index (χ1v) is 22.1. The molecule has 2 aromatic heterocycles. The van der Waals surface area contributed by atoms with Crippen molar-refractivity contribution in [2.75, 3.05) is 28.4 Å². The normalized spacial score (nSPS) is 13.2. The number of ether oxygens (including phenoxy) is 4. The van der Waals surface area contributed by atoms with E-state index in [1.807, 2.05) is 24.3 Å². The first-order valence-electron chi connectivity index (χ1n) is 19.1. The molecule has 0 saturated heterocycles. The molecule has 0 fully saturated rings. The van der Waals surface area contributed by atoms with E-state index in [4.69, 9.17) is 28.9 Å². The van der Waals surface area contributed by atoms with E-state index in [2.05, 4.69) is 133 Å². The molecule has 0 atom stereocenters. The van der Waals surface area contributed by atoms with Crippen LogP contribution in [-0.4, -0.2) is 45.7 Å². The summed E-state index contributed by atoms with van der Waals surface area (Å²) in [5, 5.41) is 6.98. The van der Waals surface area contributed by atoms with E-state index in [0.717, 1.165) is 21.7 Å². The molecule has 0 spiro atoms. The average molecular weight is 945 g/mol. The molecule has 0 bridgehead atoms. The first-order chi connectivity index (χ1) is 28.7. The SMILES string of the molecule is C1=C\CC/C=C\CC/1.COc1cc([PH+](c2ccccc2)c2ccccc2)c(-c2c([PH+](c3ccccc3)c3ccccc3)cc(OC)nc2OC)c(OC)n1.F[B-](F)(F)F.[Rh]. The zero-order valence-electron chi connectivity index (χ0n) is 33.8. The standard InChI is InChI=1S/C38H34N2O4P2.C8H12.BF4.Rh/c1-41-33-25-31(45(27-17-9-5-10-18-27)28-19-11-6-12-20-28)35(37(39-33)43-3)36-32(26-34(42-2)40-38(36)44-4)46(29-21-13-7-14-22-29)30-23-15-8-16-24-30;1-2-4-6-8-7-5-3-1;2-1(3,4)5;/h5-26H,1-4H3;1-2,7-8H,3-6H2;;/q;;-1;/p+2/b;2-1-,8-7-;;. The molecule has 14 heteroatoms. The van der Waals surface area contributed by atoms with Gasteiger partial charge in [0.15, 0.2) is 0 Å². The third kappa shape index (κ3) is 13.6. The van der Waals surface area contributed by atoms with Gasteiger partial charge in [0.2, 0.25) is 23.5 Å². The Morgan fingerprint density at radius 2 is 0.683 bits per heavy atom. The van der Waals surface area contributed by atoms with Crippen molar-refractivity contribution >= 4 is 54.9 Å². The van der Waals surface area contributed by atoms with Gasteiger partial charge in [-0.1, -0.05) is 97.1 Å². The van der Waals surface area contributed by atoms with Gasteiger partial charge in [-0.15, -0.1) is 0 Å². The molecule has 1 aliphatic rings. The molecule has 315 valence electrons. The predicted molar refractivity (Wildman–Crippen MR) is 241 cm³/mol. The number of rotatable bonds is 11. The third-order valence-electron chi connectivity index (χ3n) is 9.10. The van der Waals surface area contributed by atoms with Crippen molar-refractivity contribution in [2.45, 2.75) is 25.7 Å². The van der Waals surface area contributed by atoms with Crippen LogP contribution in [-0.2, 0) is 19.5 Å². The summed E-state index contributed by atoms with van der Waals surface area (Å²) in [4.78, 5) is 9.70. The van der Waals surface area contributed by atoms with Crippen molar-refractivity contribution in [1.82, 2.24) is 9.97 Å².